The van der Waals surface area contributed by atoms with Gasteiger partial charge in [-0.25, -0.2) is 0 Å². The van der Waals surface area contributed by atoms with Crippen LogP contribution in [0.25, 0.3) is 0 Å². The summed E-state index contributed by atoms with van der Waals surface area (Å²) < 4.78 is 1.15. The van der Waals surface area contributed by atoms with Crippen molar-refractivity contribution in [2.24, 2.45) is 5.92 Å². The van der Waals surface area contributed by atoms with Crippen molar-refractivity contribution in [1.82, 2.24) is 5.32 Å². The lowest BCUT2D eigenvalue weighted by Gasteiger charge is -2.27. The molecule has 2 rings (SSSR count). The van der Waals surface area contributed by atoms with Gasteiger partial charge >= 0.3 is 0 Å². The zero-order chi connectivity index (χ0) is 10.7. The van der Waals surface area contributed by atoms with Gasteiger partial charge in [0.2, 0.25) is 0 Å². The third-order valence-corrected chi connectivity index (χ3v) is 3.84. The molecule has 0 aromatic heterocycles. The van der Waals surface area contributed by atoms with Gasteiger partial charge in [-0.05, 0) is 49.9 Å². The maximum Gasteiger partial charge on any atom is 0.0291 e. The van der Waals surface area contributed by atoms with Crippen LogP contribution in [0, 0.1) is 5.92 Å². The Morgan fingerprint density at radius 2 is 2.00 bits per heavy atom. The highest BCUT2D eigenvalue weighted by atomic mass is 79.9. The van der Waals surface area contributed by atoms with Crippen LogP contribution in [0.5, 0.6) is 0 Å². The quantitative estimate of drug-likeness (QED) is 0.873. The highest BCUT2D eigenvalue weighted by Crippen LogP contribution is 2.26. The van der Waals surface area contributed by atoms with Crippen molar-refractivity contribution < 1.29 is 0 Å². The molecule has 1 aromatic carbocycles. The summed E-state index contributed by atoms with van der Waals surface area (Å²) in [6.45, 7) is 3.42. The molecule has 15 heavy (non-hydrogen) atoms. The third kappa shape index (κ3) is 3.05. The highest BCUT2D eigenvalue weighted by molar-refractivity contribution is 9.10. The van der Waals surface area contributed by atoms with Crippen LogP contribution in [-0.2, 0) is 0 Å². The molecule has 1 aliphatic carbocycles. The van der Waals surface area contributed by atoms with Crippen molar-refractivity contribution in [3.8, 4) is 0 Å². The first-order valence-electron chi connectivity index (χ1n) is 5.74. The van der Waals surface area contributed by atoms with Crippen LogP contribution in [0.1, 0.15) is 37.8 Å². The van der Waals surface area contributed by atoms with E-state index in [2.05, 4.69) is 52.4 Å². The SMILES string of the molecule is C[C@@H](NCC1CCC1)c1ccc(Br)cc1. The predicted molar refractivity (Wildman–Crippen MR) is 67.9 cm³/mol. The molecule has 1 N–H and O–H groups in total. The summed E-state index contributed by atoms with van der Waals surface area (Å²) in [5.41, 5.74) is 1.37. The monoisotopic (exact) mass is 267 g/mol. The smallest absolute Gasteiger partial charge is 0.0291 e. The second-order valence-corrected chi connectivity index (χ2v) is 5.39. The molecule has 1 nitrogen and oxygen atoms in total. The van der Waals surface area contributed by atoms with Gasteiger partial charge in [-0.1, -0.05) is 34.5 Å². The summed E-state index contributed by atoms with van der Waals surface area (Å²) in [6, 6.07) is 9.05. The van der Waals surface area contributed by atoms with Gasteiger partial charge in [0, 0.05) is 10.5 Å². The van der Waals surface area contributed by atoms with E-state index < -0.39 is 0 Å². The van der Waals surface area contributed by atoms with Crippen molar-refractivity contribution in [3.05, 3.63) is 34.3 Å². The Morgan fingerprint density at radius 1 is 1.33 bits per heavy atom. The summed E-state index contributed by atoms with van der Waals surface area (Å²) in [7, 11) is 0. The highest BCUT2D eigenvalue weighted by Gasteiger charge is 2.17. The summed E-state index contributed by atoms with van der Waals surface area (Å²) in [6.07, 6.45) is 4.26. The molecule has 0 saturated heterocycles. The molecule has 82 valence electrons. The average Bonchev–Trinajstić information content (AvgIpc) is 2.16. The molecule has 1 aromatic rings. The van der Waals surface area contributed by atoms with Gasteiger partial charge in [0.1, 0.15) is 0 Å². The van der Waals surface area contributed by atoms with E-state index >= 15 is 0 Å². The molecule has 0 radical (unpaired) electrons. The van der Waals surface area contributed by atoms with Crippen LogP contribution in [0.2, 0.25) is 0 Å². The van der Waals surface area contributed by atoms with Crippen LogP contribution in [0.4, 0.5) is 0 Å². The first-order valence-corrected chi connectivity index (χ1v) is 6.54. The van der Waals surface area contributed by atoms with Crippen LogP contribution < -0.4 is 5.32 Å². The van der Waals surface area contributed by atoms with E-state index in [1.165, 1.54) is 31.4 Å². The van der Waals surface area contributed by atoms with Gasteiger partial charge in [-0.2, -0.15) is 0 Å². The van der Waals surface area contributed by atoms with Crippen molar-refractivity contribution in [2.75, 3.05) is 6.54 Å². The molecule has 2 heteroatoms. The van der Waals surface area contributed by atoms with Crippen molar-refractivity contribution in [3.63, 3.8) is 0 Å². The van der Waals surface area contributed by atoms with E-state index in [1.54, 1.807) is 0 Å². The zero-order valence-corrected chi connectivity index (χ0v) is 10.8. The maximum atomic E-state index is 3.60. The summed E-state index contributed by atoms with van der Waals surface area (Å²) >= 11 is 3.46. The van der Waals surface area contributed by atoms with Gasteiger partial charge in [-0.15, -0.1) is 0 Å². The van der Waals surface area contributed by atoms with E-state index in [0.29, 0.717) is 6.04 Å². The predicted octanol–water partition coefficient (Wildman–Crippen LogP) is 3.90. The van der Waals surface area contributed by atoms with Gasteiger partial charge in [-0.3, -0.25) is 0 Å². The third-order valence-electron chi connectivity index (χ3n) is 3.31. The minimum atomic E-state index is 0.471. The van der Waals surface area contributed by atoms with Crippen molar-refractivity contribution in [2.45, 2.75) is 32.2 Å². The fourth-order valence-corrected chi connectivity index (χ4v) is 2.17. The van der Waals surface area contributed by atoms with Gasteiger partial charge in [0.15, 0.2) is 0 Å². The van der Waals surface area contributed by atoms with E-state index in [9.17, 15) is 0 Å². The minimum absolute atomic E-state index is 0.471. The lowest BCUT2D eigenvalue weighted by Crippen LogP contribution is -2.29. The minimum Gasteiger partial charge on any atom is -0.310 e. The maximum absolute atomic E-state index is 3.60. The molecule has 0 amide bonds. The van der Waals surface area contributed by atoms with E-state index in [-0.39, 0.29) is 0 Å². The fourth-order valence-electron chi connectivity index (χ4n) is 1.91. The number of hydrogen-bond acceptors (Lipinski definition) is 1. The summed E-state index contributed by atoms with van der Waals surface area (Å²) in [5, 5.41) is 3.60. The normalized spacial score (nSPS) is 18.5. The lowest BCUT2D eigenvalue weighted by molar-refractivity contribution is 0.292. The molecule has 0 aliphatic heterocycles. The van der Waals surface area contributed by atoms with Crippen molar-refractivity contribution >= 4 is 15.9 Å². The topological polar surface area (TPSA) is 12.0 Å². The number of nitrogens with one attached hydrogen (secondary N) is 1. The number of halogens is 1. The Balaban J connectivity index is 1.83. The standard InChI is InChI=1S/C13H18BrN/c1-10(15-9-11-3-2-4-11)12-5-7-13(14)8-6-12/h5-8,10-11,15H,2-4,9H2,1H3/t10-/m1/s1. The van der Waals surface area contributed by atoms with Crippen molar-refractivity contribution in [1.29, 1.82) is 0 Å². The zero-order valence-electron chi connectivity index (χ0n) is 9.17. The lowest BCUT2D eigenvalue weighted by atomic mass is 9.85. The second kappa shape index (κ2) is 5.13. The number of rotatable bonds is 4. The van der Waals surface area contributed by atoms with Crippen LogP contribution >= 0.6 is 15.9 Å². The summed E-state index contributed by atoms with van der Waals surface area (Å²) in [5.74, 6) is 0.933. The molecule has 1 saturated carbocycles. The molecular weight excluding hydrogens is 250 g/mol. The van der Waals surface area contributed by atoms with Gasteiger partial charge in [0.25, 0.3) is 0 Å². The number of hydrogen-bond donors (Lipinski definition) is 1. The molecule has 1 atom stereocenters. The van der Waals surface area contributed by atoms with Gasteiger partial charge < -0.3 is 5.32 Å². The van der Waals surface area contributed by atoms with Gasteiger partial charge in [0.05, 0.1) is 0 Å². The second-order valence-electron chi connectivity index (χ2n) is 4.48. The largest absolute Gasteiger partial charge is 0.310 e. The Hall–Kier alpha value is -0.340. The van der Waals surface area contributed by atoms with E-state index in [4.69, 9.17) is 0 Å². The molecule has 1 fully saturated rings. The fraction of sp³-hybridized carbons (Fsp3) is 0.538. The molecule has 0 spiro atoms. The van der Waals surface area contributed by atoms with Crippen LogP contribution in [0.15, 0.2) is 28.7 Å². The molecule has 0 unspecified atom stereocenters. The average molecular weight is 268 g/mol. The Labute approximate surface area is 100 Å². The Bertz CT molecular complexity index is 303. The van der Waals surface area contributed by atoms with E-state index in [1.807, 2.05) is 0 Å². The van der Waals surface area contributed by atoms with Crippen LogP contribution in [0.3, 0.4) is 0 Å². The first-order chi connectivity index (χ1) is 7.25. The Morgan fingerprint density at radius 3 is 2.53 bits per heavy atom. The van der Waals surface area contributed by atoms with Crippen LogP contribution in [-0.4, -0.2) is 6.54 Å². The Kier molecular flexibility index (Phi) is 3.81. The molecule has 0 bridgehead atoms. The molecular formula is C13H18BrN. The van der Waals surface area contributed by atoms with E-state index in [0.717, 1.165) is 10.4 Å². The molecule has 1 aliphatic rings. The molecule has 0 heterocycles. The number of benzene rings is 1. The first kappa shape index (κ1) is 11.2. The summed E-state index contributed by atoms with van der Waals surface area (Å²) in [4.78, 5) is 0.